The summed E-state index contributed by atoms with van der Waals surface area (Å²) in [6.07, 6.45) is -4.29. The van der Waals surface area contributed by atoms with Crippen molar-refractivity contribution in [1.82, 2.24) is 0 Å². The Morgan fingerprint density at radius 1 is 1.25 bits per heavy atom. The summed E-state index contributed by atoms with van der Waals surface area (Å²) < 4.78 is 42.0. The molecule has 0 aliphatic heterocycles. The average Bonchev–Trinajstić information content (AvgIpc) is 2.25. The Morgan fingerprint density at radius 2 is 1.81 bits per heavy atom. The van der Waals surface area contributed by atoms with Crippen LogP contribution in [0.2, 0.25) is 0 Å². The zero-order chi connectivity index (χ0) is 12.2. The molecule has 1 aromatic rings. The highest BCUT2D eigenvalue weighted by atomic mass is 32.1. The van der Waals surface area contributed by atoms with Gasteiger partial charge in [0.05, 0.1) is 12.2 Å². The van der Waals surface area contributed by atoms with E-state index in [2.05, 4.69) is 12.6 Å². The molecule has 0 aromatic heterocycles. The number of hydrogen-bond donors (Lipinski definition) is 1. The lowest BCUT2D eigenvalue weighted by Crippen LogP contribution is -2.10. The Hall–Kier alpha value is -0.840. The van der Waals surface area contributed by atoms with Gasteiger partial charge >= 0.3 is 6.18 Å². The van der Waals surface area contributed by atoms with Crippen LogP contribution in [0.1, 0.15) is 12.5 Å². The molecule has 1 nitrogen and oxygen atoms in total. The van der Waals surface area contributed by atoms with Crippen LogP contribution in [0.4, 0.5) is 13.2 Å². The first kappa shape index (κ1) is 13.2. The van der Waals surface area contributed by atoms with Crippen LogP contribution in [0.25, 0.3) is 0 Å². The molecule has 1 rings (SSSR count). The van der Waals surface area contributed by atoms with Gasteiger partial charge in [0, 0.05) is 0 Å². The minimum atomic E-state index is -4.29. The third-order valence-corrected chi connectivity index (χ3v) is 2.65. The maximum absolute atomic E-state index is 12.2. The van der Waals surface area contributed by atoms with Gasteiger partial charge in [0.1, 0.15) is 5.75 Å². The van der Waals surface area contributed by atoms with Gasteiger partial charge in [0.2, 0.25) is 0 Å². The van der Waals surface area contributed by atoms with Crippen LogP contribution in [0, 0.1) is 5.92 Å². The molecule has 0 aliphatic rings. The van der Waals surface area contributed by atoms with E-state index >= 15 is 0 Å². The Balaban J connectivity index is 2.58. The summed E-state index contributed by atoms with van der Waals surface area (Å²) in [4.78, 5) is 0. The summed E-state index contributed by atoms with van der Waals surface area (Å²) in [7, 11) is 0. The van der Waals surface area contributed by atoms with Crippen LogP contribution in [-0.2, 0) is 6.18 Å². The first-order valence-corrected chi connectivity index (χ1v) is 5.47. The van der Waals surface area contributed by atoms with Gasteiger partial charge in [-0.05, 0) is 35.9 Å². The average molecular weight is 250 g/mol. The fourth-order valence-corrected chi connectivity index (χ4v) is 1.14. The molecule has 1 unspecified atom stereocenters. The minimum absolute atomic E-state index is 0.269. The Bertz CT molecular complexity index is 321. The van der Waals surface area contributed by atoms with Crippen molar-refractivity contribution in [3.8, 4) is 5.75 Å². The van der Waals surface area contributed by atoms with E-state index in [1.807, 2.05) is 6.92 Å². The fourth-order valence-electron chi connectivity index (χ4n) is 1.03. The molecule has 0 radical (unpaired) electrons. The van der Waals surface area contributed by atoms with E-state index in [0.29, 0.717) is 18.1 Å². The van der Waals surface area contributed by atoms with Gasteiger partial charge in [-0.1, -0.05) is 6.92 Å². The Morgan fingerprint density at radius 3 is 2.25 bits per heavy atom. The van der Waals surface area contributed by atoms with E-state index in [4.69, 9.17) is 4.74 Å². The topological polar surface area (TPSA) is 9.23 Å². The number of alkyl halides is 3. The van der Waals surface area contributed by atoms with E-state index in [0.717, 1.165) is 12.1 Å². The van der Waals surface area contributed by atoms with E-state index in [1.165, 1.54) is 12.1 Å². The molecule has 0 saturated carbocycles. The summed E-state index contributed by atoms with van der Waals surface area (Å²) >= 11 is 4.09. The molecule has 0 amide bonds. The van der Waals surface area contributed by atoms with Crippen LogP contribution in [0.15, 0.2) is 24.3 Å². The molecule has 0 heterocycles. The lowest BCUT2D eigenvalue weighted by Gasteiger charge is -2.11. The van der Waals surface area contributed by atoms with E-state index in [1.54, 1.807) is 0 Å². The minimum Gasteiger partial charge on any atom is -0.493 e. The van der Waals surface area contributed by atoms with Gasteiger partial charge in [-0.15, -0.1) is 0 Å². The van der Waals surface area contributed by atoms with Crippen molar-refractivity contribution < 1.29 is 17.9 Å². The highest BCUT2D eigenvalue weighted by Gasteiger charge is 2.29. The molecule has 5 heteroatoms. The summed E-state index contributed by atoms with van der Waals surface area (Å²) in [5.41, 5.74) is -0.665. The Labute approximate surface area is 98.0 Å². The lowest BCUT2D eigenvalue weighted by molar-refractivity contribution is -0.137. The molecule has 0 bridgehead atoms. The van der Waals surface area contributed by atoms with Gasteiger partial charge < -0.3 is 4.74 Å². The molecular weight excluding hydrogens is 237 g/mol. The largest absolute Gasteiger partial charge is 0.493 e. The van der Waals surface area contributed by atoms with Crippen molar-refractivity contribution in [2.75, 3.05) is 12.4 Å². The van der Waals surface area contributed by atoms with Gasteiger partial charge in [-0.3, -0.25) is 0 Å². The summed E-state index contributed by atoms with van der Waals surface area (Å²) in [5, 5.41) is 0. The predicted molar refractivity (Wildman–Crippen MR) is 60.0 cm³/mol. The second kappa shape index (κ2) is 5.48. The van der Waals surface area contributed by atoms with E-state index in [9.17, 15) is 13.2 Å². The lowest BCUT2D eigenvalue weighted by atomic mass is 10.2. The summed E-state index contributed by atoms with van der Waals surface area (Å²) in [5.74, 6) is 1.40. The van der Waals surface area contributed by atoms with Crippen molar-refractivity contribution in [2.45, 2.75) is 13.1 Å². The zero-order valence-corrected chi connectivity index (χ0v) is 9.68. The maximum atomic E-state index is 12.2. The van der Waals surface area contributed by atoms with Gasteiger partial charge in [0.25, 0.3) is 0 Å². The highest BCUT2D eigenvalue weighted by Crippen LogP contribution is 2.30. The van der Waals surface area contributed by atoms with E-state index < -0.39 is 11.7 Å². The van der Waals surface area contributed by atoms with Crippen molar-refractivity contribution in [1.29, 1.82) is 0 Å². The monoisotopic (exact) mass is 250 g/mol. The molecular formula is C11H13F3OS. The Kier molecular flexibility index (Phi) is 4.53. The third kappa shape index (κ3) is 3.96. The van der Waals surface area contributed by atoms with Crippen LogP contribution >= 0.6 is 12.6 Å². The normalized spacial score (nSPS) is 13.6. The predicted octanol–water partition coefficient (Wildman–Crippen LogP) is 3.65. The second-order valence-electron chi connectivity index (χ2n) is 3.62. The van der Waals surface area contributed by atoms with Gasteiger partial charge in [0.15, 0.2) is 0 Å². The van der Waals surface area contributed by atoms with Crippen molar-refractivity contribution >= 4 is 12.6 Å². The first-order chi connectivity index (χ1) is 7.43. The quantitative estimate of drug-likeness (QED) is 0.802. The molecule has 0 spiro atoms. The smallest absolute Gasteiger partial charge is 0.416 e. The van der Waals surface area contributed by atoms with Crippen molar-refractivity contribution in [3.05, 3.63) is 29.8 Å². The van der Waals surface area contributed by atoms with Crippen LogP contribution in [0.5, 0.6) is 5.75 Å². The number of halogens is 3. The molecule has 16 heavy (non-hydrogen) atoms. The van der Waals surface area contributed by atoms with Crippen LogP contribution in [0.3, 0.4) is 0 Å². The van der Waals surface area contributed by atoms with Crippen molar-refractivity contribution in [3.63, 3.8) is 0 Å². The fraction of sp³-hybridized carbons (Fsp3) is 0.455. The standard InChI is InChI=1S/C11H13F3OS/c1-8(7-16)6-15-10-4-2-9(3-5-10)11(12,13)14/h2-5,8,16H,6-7H2,1H3. The molecule has 0 aliphatic carbocycles. The zero-order valence-electron chi connectivity index (χ0n) is 8.79. The van der Waals surface area contributed by atoms with Crippen molar-refractivity contribution in [2.24, 2.45) is 5.92 Å². The number of hydrogen-bond acceptors (Lipinski definition) is 2. The first-order valence-electron chi connectivity index (χ1n) is 4.84. The van der Waals surface area contributed by atoms with Crippen LogP contribution < -0.4 is 4.74 Å². The molecule has 0 saturated heterocycles. The number of rotatable bonds is 4. The number of ether oxygens (including phenoxy) is 1. The molecule has 0 N–H and O–H groups in total. The highest BCUT2D eigenvalue weighted by molar-refractivity contribution is 7.80. The third-order valence-electron chi connectivity index (χ3n) is 2.03. The second-order valence-corrected chi connectivity index (χ2v) is 3.99. The maximum Gasteiger partial charge on any atom is 0.416 e. The SMILES string of the molecule is CC(CS)COc1ccc(C(F)(F)F)cc1. The summed E-state index contributed by atoms with van der Waals surface area (Å²) in [6, 6.07) is 4.68. The van der Waals surface area contributed by atoms with Gasteiger partial charge in [-0.2, -0.15) is 25.8 Å². The van der Waals surface area contributed by atoms with E-state index in [-0.39, 0.29) is 5.92 Å². The summed E-state index contributed by atoms with van der Waals surface area (Å²) in [6.45, 7) is 2.41. The molecule has 1 aromatic carbocycles. The van der Waals surface area contributed by atoms with Gasteiger partial charge in [-0.25, -0.2) is 0 Å². The molecule has 0 fully saturated rings. The molecule has 1 atom stereocenters. The molecule has 90 valence electrons. The number of thiol groups is 1. The van der Waals surface area contributed by atoms with Crippen LogP contribution in [-0.4, -0.2) is 12.4 Å². The number of benzene rings is 1.